The molecule has 0 radical (unpaired) electrons. The van der Waals surface area contributed by atoms with Crippen molar-refractivity contribution in [2.45, 2.75) is 31.3 Å². The zero-order valence-corrected chi connectivity index (χ0v) is 17.8. The number of benzene rings is 1. The summed E-state index contributed by atoms with van der Waals surface area (Å²) in [6.07, 6.45) is 0. The number of morpholine rings is 1. The van der Waals surface area contributed by atoms with Crippen molar-refractivity contribution in [2.75, 3.05) is 38.3 Å². The van der Waals surface area contributed by atoms with Crippen LogP contribution in [-0.4, -0.2) is 48.2 Å². The fourth-order valence-corrected chi connectivity index (χ4v) is 4.33. The molecule has 0 saturated carbocycles. The summed E-state index contributed by atoms with van der Waals surface area (Å²) in [7, 11) is 1.68. The molecule has 1 saturated heterocycles. The summed E-state index contributed by atoms with van der Waals surface area (Å²) in [6.45, 7) is 8.58. The van der Waals surface area contributed by atoms with Gasteiger partial charge in [-0.15, -0.1) is 10.2 Å². The zero-order valence-electron chi connectivity index (χ0n) is 15.4. The number of methoxy groups -OCH3 is 1. The number of halogens is 1. The molecule has 8 heteroatoms. The molecule has 3 rings (SSSR count). The number of anilines is 1. The Labute approximate surface area is 167 Å². The van der Waals surface area contributed by atoms with Crippen molar-refractivity contribution in [1.82, 2.24) is 14.8 Å². The third kappa shape index (κ3) is 4.72. The molecule has 2 aromatic rings. The summed E-state index contributed by atoms with van der Waals surface area (Å²) in [4.78, 5) is 2.27. The van der Waals surface area contributed by atoms with Crippen LogP contribution in [0.4, 0.5) is 5.95 Å². The zero-order chi connectivity index (χ0) is 18.5. The van der Waals surface area contributed by atoms with E-state index in [0.717, 1.165) is 59.9 Å². The lowest BCUT2D eigenvalue weighted by Gasteiger charge is -2.28. The van der Waals surface area contributed by atoms with E-state index < -0.39 is 0 Å². The largest absolute Gasteiger partial charge is 0.496 e. The van der Waals surface area contributed by atoms with Gasteiger partial charge in [0.05, 0.1) is 24.8 Å². The molecule has 0 bridgehead atoms. The Kier molecular flexibility index (Phi) is 6.83. The number of thioether (sulfide) groups is 1. The molecule has 0 atom stereocenters. The van der Waals surface area contributed by atoms with Crippen molar-refractivity contribution < 1.29 is 9.47 Å². The normalized spacial score (nSPS) is 14.9. The molecule has 1 aliphatic rings. The second-order valence-electron chi connectivity index (χ2n) is 6.64. The molecule has 0 spiro atoms. The van der Waals surface area contributed by atoms with Crippen LogP contribution in [-0.2, 0) is 17.0 Å². The highest BCUT2D eigenvalue weighted by Crippen LogP contribution is 2.30. The lowest BCUT2D eigenvalue weighted by atomic mass is 10.2. The van der Waals surface area contributed by atoms with E-state index in [1.807, 2.05) is 6.07 Å². The standard InChI is InChI=1S/C18H25BrN4O2S/c1-13(2)11-23-17(22-6-8-25-9-7-22)20-21-18(23)26-12-14-4-5-16(24-3)15(19)10-14/h4-5,10,13H,6-9,11-12H2,1-3H3. The molecule has 1 aliphatic heterocycles. The van der Waals surface area contributed by atoms with Crippen LogP contribution < -0.4 is 9.64 Å². The quantitative estimate of drug-likeness (QED) is 0.609. The van der Waals surface area contributed by atoms with Crippen LogP contribution in [0.5, 0.6) is 5.75 Å². The van der Waals surface area contributed by atoms with Gasteiger partial charge in [0.15, 0.2) is 5.16 Å². The number of hydrogen-bond acceptors (Lipinski definition) is 6. The fraction of sp³-hybridized carbons (Fsp3) is 0.556. The summed E-state index contributed by atoms with van der Waals surface area (Å²) >= 11 is 5.27. The molecule has 142 valence electrons. The first-order valence-electron chi connectivity index (χ1n) is 8.79. The maximum Gasteiger partial charge on any atom is 0.228 e. The van der Waals surface area contributed by atoms with Crippen molar-refractivity contribution >= 4 is 33.6 Å². The van der Waals surface area contributed by atoms with Gasteiger partial charge in [-0.25, -0.2) is 0 Å². The average molecular weight is 441 g/mol. The van der Waals surface area contributed by atoms with Gasteiger partial charge < -0.3 is 14.4 Å². The molecule has 1 aromatic carbocycles. The van der Waals surface area contributed by atoms with E-state index in [2.05, 4.69) is 61.6 Å². The van der Waals surface area contributed by atoms with Gasteiger partial charge in [-0.05, 0) is 39.5 Å². The summed E-state index contributed by atoms with van der Waals surface area (Å²) in [5.41, 5.74) is 1.22. The third-order valence-corrected chi connectivity index (χ3v) is 5.78. The van der Waals surface area contributed by atoms with Crippen LogP contribution in [0.3, 0.4) is 0 Å². The Balaban J connectivity index is 1.76. The summed E-state index contributed by atoms with van der Waals surface area (Å²) in [6, 6.07) is 6.17. The van der Waals surface area contributed by atoms with Gasteiger partial charge >= 0.3 is 0 Å². The van der Waals surface area contributed by atoms with Gasteiger partial charge in [-0.1, -0.05) is 31.7 Å². The van der Waals surface area contributed by atoms with Crippen LogP contribution in [0.15, 0.2) is 27.8 Å². The van der Waals surface area contributed by atoms with Crippen LogP contribution >= 0.6 is 27.7 Å². The summed E-state index contributed by atoms with van der Waals surface area (Å²) < 4.78 is 14.0. The highest BCUT2D eigenvalue weighted by atomic mass is 79.9. The second kappa shape index (κ2) is 9.10. The van der Waals surface area contributed by atoms with Crippen LogP contribution in [0.25, 0.3) is 0 Å². The van der Waals surface area contributed by atoms with E-state index >= 15 is 0 Å². The minimum atomic E-state index is 0.528. The first-order chi connectivity index (χ1) is 12.6. The van der Waals surface area contributed by atoms with Gasteiger partial charge in [0.2, 0.25) is 5.95 Å². The monoisotopic (exact) mass is 440 g/mol. The third-order valence-electron chi connectivity index (χ3n) is 4.12. The molecule has 1 fully saturated rings. The Hall–Kier alpha value is -1.25. The van der Waals surface area contributed by atoms with E-state index in [1.54, 1.807) is 18.9 Å². The van der Waals surface area contributed by atoms with E-state index in [0.29, 0.717) is 5.92 Å². The van der Waals surface area contributed by atoms with Crippen LogP contribution in [0.1, 0.15) is 19.4 Å². The molecule has 0 amide bonds. The Morgan fingerprint density at radius 3 is 2.69 bits per heavy atom. The molecule has 2 heterocycles. The number of aromatic nitrogens is 3. The Bertz CT molecular complexity index is 732. The highest BCUT2D eigenvalue weighted by molar-refractivity contribution is 9.10. The van der Waals surface area contributed by atoms with Crippen molar-refractivity contribution in [3.63, 3.8) is 0 Å². The maximum absolute atomic E-state index is 5.47. The lowest BCUT2D eigenvalue weighted by Crippen LogP contribution is -2.38. The van der Waals surface area contributed by atoms with Crippen LogP contribution in [0.2, 0.25) is 0 Å². The Morgan fingerprint density at radius 2 is 2.04 bits per heavy atom. The van der Waals surface area contributed by atoms with Gasteiger partial charge in [-0.2, -0.15) is 0 Å². The van der Waals surface area contributed by atoms with Gasteiger partial charge in [0.1, 0.15) is 5.75 Å². The van der Waals surface area contributed by atoms with E-state index in [9.17, 15) is 0 Å². The van der Waals surface area contributed by atoms with Gasteiger partial charge in [0, 0.05) is 25.4 Å². The van der Waals surface area contributed by atoms with E-state index in [4.69, 9.17) is 9.47 Å². The summed E-state index contributed by atoms with van der Waals surface area (Å²) in [5, 5.41) is 9.92. The highest BCUT2D eigenvalue weighted by Gasteiger charge is 2.21. The Morgan fingerprint density at radius 1 is 1.27 bits per heavy atom. The molecule has 0 unspecified atom stereocenters. The molecule has 1 aromatic heterocycles. The topological polar surface area (TPSA) is 52.4 Å². The van der Waals surface area contributed by atoms with Crippen LogP contribution in [0, 0.1) is 5.92 Å². The second-order valence-corrected chi connectivity index (χ2v) is 8.44. The average Bonchev–Trinajstić information content (AvgIpc) is 3.02. The molecule has 0 N–H and O–H groups in total. The SMILES string of the molecule is COc1ccc(CSc2nnc(N3CCOCC3)n2CC(C)C)cc1Br. The first kappa shape index (κ1) is 19.5. The molecule has 6 nitrogen and oxygen atoms in total. The van der Waals surface area contributed by atoms with Crippen molar-refractivity contribution in [3.8, 4) is 5.75 Å². The fourth-order valence-electron chi connectivity index (χ4n) is 2.86. The number of hydrogen-bond donors (Lipinski definition) is 0. The van der Waals surface area contributed by atoms with Crippen molar-refractivity contribution in [1.29, 1.82) is 0 Å². The molecular formula is C18H25BrN4O2S. The molecule has 26 heavy (non-hydrogen) atoms. The maximum atomic E-state index is 5.47. The predicted molar refractivity (Wildman–Crippen MR) is 108 cm³/mol. The van der Waals surface area contributed by atoms with E-state index in [1.165, 1.54) is 5.56 Å². The van der Waals surface area contributed by atoms with Gasteiger partial charge in [-0.3, -0.25) is 4.57 Å². The van der Waals surface area contributed by atoms with Crippen molar-refractivity contribution in [3.05, 3.63) is 28.2 Å². The number of rotatable bonds is 7. The smallest absolute Gasteiger partial charge is 0.228 e. The first-order valence-corrected chi connectivity index (χ1v) is 10.6. The minimum Gasteiger partial charge on any atom is -0.496 e. The minimum absolute atomic E-state index is 0.528. The predicted octanol–water partition coefficient (Wildman–Crippen LogP) is 3.83. The van der Waals surface area contributed by atoms with Crippen molar-refractivity contribution in [2.24, 2.45) is 5.92 Å². The number of ether oxygens (including phenoxy) is 2. The molecule has 0 aliphatic carbocycles. The van der Waals surface area contributed by atoms with E-state index in [-0.39, 0.29) is 0 Å². The lowest BCUT2D eigenvalue weighted by molar-refractivity contribution is 0.121. The number of nitrogens with zero attached hydrogens (tertiary/aromatic N) is 4. The summed E-state index contributed by atoms with van der Waals surface area (Å²) in [5.74, 6) is 3.17. The van der Waals surface area contributed by atoms with Gasteiger partial charge in [0.25, 0.3) is 0 Å². The molecular weight excluding hydrogens is 416 g/mol.